The molecule has 0 aliphatic carbocycles. The summed E-state index contributed by atoms with van der Waals surface area (Å²) in [6.45, 7) is 0. The van der Waals surface area contributed by atoms with Gasteiger partial charge in [-0.1, -0.05) is 12.2 Å². The van der Waals surface area contributed by atoms with Gasteiger partial charge in [0.2, 0.25) is 12.1 Å². The Balaban J connectivity index is 3.34. The summed E-state index contributed by atoms with van der Waals surface area (Å²) >= 11 is 0. The Morgan fingerprint density at radius 2 is 1.31 bits per heavy atom. The van der Waals surface area contributed by atoms with Crippen LogP contribution in [0.15, 0.2) is 6.08 Å². The lowest BCUT2D eigenvalue weighted by Gasteiger charge is -2.03. The van der Waals surface area contributed by atoms with E-state index in [1.165, 1.54) is 6.29 Å². The van der Waals surface area contributed by atoms with E-state index in [4.69, 9.17) is 0 Å². The third kappa shape index (κ3) is 2.10. The number of hydrogen-bond acceptors (Lipinski definition) is 1. The SMILES string of the molecule is O=[C]CC=Cc1c(F)c(F)c(F)c(F)c1F. The number of carbonyl (C=O) groups excluding carboxylic acids is 1. The van der Waals surface area contributed by atoms with E-state index in [0.717, 1.165) is 6.08 Å². The van der Waals surface area contributed by atoms with Crippen molar-refractivity contribution in [3.05, 3.63) is 40.7 Å². The summed E-state index contributed by atoms with van der Waals surface area (Å²) in [4.78, 5) is 9.78. The first-order valence-corrected chi connectivity index (χ1v) is 4.03. The van der Waals surface area contributed by atoms with Gasteiger partial charge in [-0.05, 0) is 0 Å². The minimum atomic E-state index is -2.21. The average molecular weight is 235 g/mol. The van der Waals surface area contributed by atoms with Gasteiger partial charge in [-0.3, -0.25) is 4.79 Å². The zero-order valence-electron chi connectivity index (χ0n) is 7.66. The van der Waals surface area contributed by atoms with Crippen molar-refractivity contribution in [2.24, 2.45) is 0 Å². The zero-order chi connectivity index (χ0) is 12.3. The van der Waals surface area contributed by atoms with Crippen molar-refractivity contribution >= 4 is 12.4 Å². The standard InChI is InChI=1S/C10H4F5O/c11-6-5(3-1-2-4-16)7(12)9(14)10(15)8(6)13/h1,3H,2H2. The minimum absolute atomic E-state index is 0.306. The summed E-state index contributed by atoms with van der Waals surface area (Å²) in [7, 11) is 0. The van der Waals surface area contributed by atoms with Crippen LogP contribution in [0.2, 0.25) is 0 Å². The van der Waals surface area contributed by atoms with Gasteiger partial charge in [-0.2, -0.15) is 0 Å². The smallest absolute Gasteiger partial charge is 0.202 e. The highest BCUT2D eigenvalue weighted by atomic mass is 19.2. The molecule has 6 heteroatoms. The summed E-state index contributed by atoms with van der Waals surface area (Å²) in [5.74, 6) is -10.1. The largest absolute Gasteiger partial charge is 0.291 e. The van der Waals surface area contributed by atoms with Gasteiger partial charge in [-0.15, -0.1) is 0 Å². The first kappa shape index (κ1) is 12.4. The summed E-state index contributed by atoms with van der Waals surface area (Å²) < 4.78 is 63.8. The lowest BCUT2D eigenvalue weighted by atomic mass is 10.1. The quantitative estimate of drug-likeness (QED) is 0.447. The molecule has 0 unspecified atom stereocenters. The third-order valence-electron chi connectivity index (χ3n) is 1.73. The molecular formula is C10H4F5O. The minimum Gasteiger partial charge on any atom is -0.291 e. The van der Waals surface area contributed by atoms with E-state index in [9.17, 15) is 26.7 Å². The number of hydrogen-bond donors (Lipinski definition) is 0. The highest BCUT2D eigenvalue weighted by molar-refractivity contribution is 5.59. The summed E-state index contributed by atoms with van der Waals surface area (Å²) in [6, 6.07) is 0. The maximum atomic E-state index is 13.0. The van der Waals surface area contributed by atoms with Gasteiger partial charge in [0.15, 0.2) is 23.3 Å². The Bertz CT molecular complexity index is 424. The van der Waals surface area contributed by atoms with E-state index in [-0.39, 0.29) is 6.42 Å². The molecule has 0 aliphatic rings. The molecule has 0 saturated heterocycles. The highest BCUT2D eigenvalue weighted by Crippen LogP contribution is 2.23. The summed E-state index contributed by atoms with van der Waals surface area (Å²) in [5, 5.41) is 0. The van der Waals surface area contributed by atoms with E-state index in [1.54, 1.807) is 0 Å². The fraction of sp³-hybridized carbons (Fsp3) is 0.100. The first-order chi connectivity index (χ1) is 7.50. The van der Waals surface area contributed by atoms with Gasteiger partial charge in [0, 0.05) is 6.42 Å². The molecule has 0 saturated carbocycles. The molecule has 0 aliphatic heterocycles. The van der Waals surface area contributed by atoms with Crippen LogP contribution in [0.25, 0.3) is 6.08 Å². The molecule has 1 nitrogen and oxygen atoms in total. The number of halogens is 5. The monoisotopic (exact) mass is 235 g/mol. The Morgan fingerprint density at radius 1 is 0.875 bits per heavy atom. The number of rotatable bonds is 3. The maximum Gasteiger partial charge on any atom is 0.202 e. The molecule has 0 bridgehead atoms. The van der Waals surface area contributed by atoms with Crippen LogP contribution in [0, 0.1) is 29.1 Å². The molecule has 85 valence electrons. The van der Waals surface area contributed by atoms with Crippen molar-refractivity contribution < 1.29 is 26.7 Å². The van der Waals surface area contributed by atoms with Crippen molar-refractivity contribution in [1.82, 2.24) is 0 Å². The van der Waals surface area contributed by atoms with Crippen molar-refractivity contribution in [2.75, 3.05) is 0 Å². The van der Waals surface area contributed by atoms with E-state index < -0.39 is 34.6 Å². The topological polar surface area (TPSA) is 17.1 Å². The second-order valence-corrected chi connectivity index (χ2v) is 2.73. The molecule has 0 N–H and O–H groups in total. The second-order valence-electron chi connectivity index (χ2n) is 2.73. The van der Waals surface area contributed by atoms with Gasteiger partial charge in [0.1, 0.15) is 0 Å². The van der Waals surface area contributed by atoms with Crippen LogP contribution in [0.4, 0.5) is 22.0 Å². The fourth-order valence-corrected chi connectivity index (χ4v) is 0.993. The summed E-state index contributed by atoms with van der Waals surface area (Å²) in [6.07, 6.45) is 2.64. The van der Waals surface area contributed by atoms with Crippen molar-refractivity contribution in [2.45, 2.75) is 6.42 Å². The van der Waals surface area contributed by atoms with Crippen LogP contribution in [0.1, 0.15) is 12.0 Å². The Labute approximate surface area is 87.2 Å². The average Bonchev–Trinajstić information content (AvgIpc) is 2.28. The Kier molecular flexibility index (Phi) is 3.76. The van der Waals surface area contributed by atoms with Crippen LogP contribution >= 0.6 is 0 Å². The molecule has 0 atom stereocenters. The molecule has 0 fully saturated rings. The van der Waals surface area contributed by atoms with Gasteiger partial charge in [0.25, 0.3) is 0 Å². The number of benzene rings is 1. The maximum absolute atomic E-state index is 13.0. The lowest BCUT2D eigenvalue weighted by molar-refractivity contribution is 0.377. The Morgan fingerprint density at radius 3 is 1.75 bits per heavy atom. The predicted octanol–water partition coefficient (Wildman–Crippen LogP) is 2.90. The van der Waals surface area contributed by atoms with Gasteiger partial charge >= 0.3 is 0 Å². The molecule has 0 aromatic heterocycles. The highest BCUT2D eigenvalue weighted by Gasteiger charge is 2.23. The zero-order valence-corrected chi connectivity index (χ0v) is 7.66. The van der Waals surface area contributed by atoms with E-state index in [0.29, 0.717) is 6.08 Å². The van der Waals surface area contributed by atoms with Gasteiger partial charge < -0.3 is 0 Å². The second kappa shape index (κ2) is 4.87. The van der Waals surface area contributed by atoms with E-state index in [1.807, 2.05) is 0 Å². The molecule has 1 rings (SSSR count). The molecule has 0 spiro atoms. The summed E-state index contributed by atoms with van der Waals surface area (Å²) in [5.41, 5.74) is -1.08. The first-order valence-electron chi connectivity index (χ1n) is 4.03. The van der Waals surface area contributed by atoms with E-state index >= 15 is 0 Å². The van der Waals surface area contributed by atoms with Crippen LogP contribution < -0.4 is 0 Å². The Hall–Kier alpha value is -1.72. The van der Waals surface area contributed by atoms with Crippen LogP contribution in [-0.2, 0) is 4.79 Å². The molecule has 1 radical (unpaired) electrons. The molecule has 1 aromatic carbocycles. The van der Waals surface area contributed by atoms with Crippen LogP contribution in [0.3, 0.4) is 0 Å². The van der Waals surface area contributed by atoms with Gasteiger partial charge in [0.05, 0.1) is 5.56 Å². The van der Waals surface area contributed by atoms with Crippen molar-refractivity contribution in [3.63, 3.8) is 0 Å². The third-order valence-corrected chi connectivity index (χ3v) is 1.73. The van der Waals surface area contributed by atoms with E-state index in [2.05, 4.69) is 0 Å². The fourth-order valence-electron chi connectivity index (χ4n) is 0.993. The van der Waals surface area contributed by atoms with Crippen molar-refractivity contribution in [3.8, 4) is 0 Å². The molecule has 16 heavy (non-hydrogen) atoms. The molecule has 0 amide bonds. The normalized spacial score (nSPS) is 11.1. The predicted molar refractivity (Wildman–Crippen MR) is 45.6 cm³/mol. The molecular weight excluding hydrogens is 231 g/mol. The van der Waals surface area contributed by atoms with Crippen LogP contribution in [-0.4, -0.2) is 6.29 Å². The van der Waals surface area contributed by atoms with Crippen molar-refractivity contribution in [1.29, 1.82) is 0 Å². The number of allylic oxidation sites excluding steroid dienone is 1. The molecule has 1 aromatic rings. The van der Waals surface area contributed by atoms with Crippen LogP contribution in [0.5, 0.6) is 0 Å². The lowest BCUT2D eigenvalue weighted by Crippen LogP contribution is -2.03. The van der Waals surface area contributed by atoms with Gasteiger partial charge in [-0.25, -0.2) is 22.0 Å². The molecule has 0 heterocycles.